The van der Waals surface area contributed by atoms with Crippen molar-refractivity contribution in [3.8, 4) is 0 Å². The molecule has 1 rings (SSSR count). The average Bonchev–Trinajstić information content (AvgIpc) is 2.95. The van der Waals surface area contributed by atoms with Crippen LogP contribution < -0.4 is 5.32 Å². The molecule has 1 aliphatic heterocycles. The largest absolute Gasteiger partial charge is 0.468 e. The molecule has 2 unspecified atom stereocenters. The Balaban J connectivity index is 2.12. The van der Waals surface area contributed by atoms with Gasteiger partial charge in [0.2, 0.25) is 0 Å². The molecule has 0 aromatic rings. The van der Waals surface area contributed by atoms with Gasteiger partial charge in [-0.05, 0) is 45.6 Å². The van der Waals surface area contributed by atoms with E-state index in [1.807, 2.05) is 13.8 Å². The number of methoxy groups -OCH3 is 1. The molecule has 0 radical (unpaired) electrons. The summed E-state index contributed by atoms with van der Waals surface area (Å²) in [6.45, 7) is 6.93. The van der Waals surface area contributed by atoms with Crippen LogP contribution in [0.25, 0.3) is 0 Å². The second-order valence-electron chi connectivity index (χ2n) is 5.52. The Morgan fingerprint density at radius 3 is 2.85 bits per heavy atom. The topological polar surface area (TPSA) is 56.8 Å². The highest BCUT2D eigenvalue weighted by Gasteiger charge is 2.32. The lowest BCUT2D eigenvalue weighted by atomic mass is 9.95. The molecule has 0 aromatic heterocycles. The summed E-state index contributed by atoms with van der Waals surface area (Å²) in [5.41, 5.74) is -0.585. The van der Waals surface area contributed by atoms with E-state index in [0.29, 0.717) is 6.61 Å². The molecular formula is C15H29NO4. The minimum absolute atomic E-state index is 0.195. The number of unbranched alkanes of at least 4 members (excludes halogenated alkanes) is 1. The number of hydrogen-bond acceptors (Lipinski definition) is 5. The van der Waals surface area contributed by atoms with Crippen molar-refractivity contribution < 1.29 is 19.0 Å². The minimum Gasteiger partial charge on any atom is -0.468 e. The second-order valence-corrected chi connectivity index (χ2v) is 5.52. The molecule has 1 aliphatic rings. The lowest BCUT2D eigenvalue weighted by Gasteiger charge is -2.27. The fraction of sp³-hybridized carbons (Fsp3) is 0.933. The van der Waals surface area contributed by atoms with E-state index in [9.17, 15) is 4.79 Å². The van der Waals surface area contributed by atoms with Gasteiger partial charge >= 0.3 is 5.97 Å². The Labute approximate surface area is 122 Å². The maximum Gasteiger partial charge on any atom is 0.325 e. The SMILES string of the molecule is CCNC(C)(CCCCOCC1CCCO1)C(=O)OC. The molecule has 1 saturated heterocycles. The molecule has 1 N–H and O–H groups in total. The molecule has 0 aromatic carbocycles. The van der Waals surface area contributed by atoms with Gasteiger partial charge in [0.1, 0.15) is 5.54 Å². The highest BCUT2D eigenvalue weighted by molar-refractivity contribution is 5.80. The van der Waals surface area contributed by atoms with E-state index in [2.05, 4.69) is 5.32 Å². The van der Waals surface area contributed by atoms with Gasteiger partial charge in [-0.15, -0.1) is 0 Å². The van der Waals surface area contributed by atoms with E-state index in [-0.39, 0.29) is 12.1 Å². The highest BCUT2D eigenvalue weighted by atomic mass is 16.5. The molecule has 5 nitrogen and oxygen atoms in total. The molecule has 1 heterocycles. The van der Waals surface area contributed by atoms with Crippen molar-refractivity contribution in [1.82, 2.24) is 5.32 Å². The smallest absolute Gasteiger partial charge is 0.325 e. The van der Waals surface area contributed by atoms with Crippen LogP contribution in [0.15, 0.2) is 0 Å². The summed E-state index contributed by atoms with van der Waals surface area (Å²) < 4.78 is 16.0. The quantitative estimate of drug-likeness (QED) is 0.491. The fourth-order valence-corrected chi connectivity index (χ4v) is 2.55. The zero-order chi connectivity index (χ0) is 14.8. The van der Waals surface area contributed by atoms with Crippen LogP contribution in [-0.4, -0.2) is 51.1 Å². The van der Waals surface area contributed by atoms with Gasteiger partial charge < -0.3 is 19.5 Å². The molecule has 2 atom stereocenters. The molecule has 0 saturated carbocycles. The molecule has 1 fully saturated rings. The Kier molecular flexibility index (Phi) is 8.11. The first-order valence-corrected chi connectivity index (χ1v) is 7.65. The maximum atomic E-state index is 11.8. The van der Waals surface area contributed by atoms with Crippen LogP contribution in [-0.2, 0) is 19.0 Å². The predicted molar refractivity (Wildman–Crippen MR) is 77.7 cm³/mol. The lowest BCUT2D eigenvalue weighted by Crippen LogP contribution is -2.50. The van der Waals surface area contributed by atoms with Crippen molar-refractivity contribution in [3.05, 3.63) is 0 Å². The van der Waals surface area contributed by atoms with Crippen LogP contribution >= 0.6 is 0 Å². The number of hydrogen-bond donors (Lipinski definition) is 1. The van der Waals surface area contributed by atoms with Crippen molar-refractivity contribution in [3.63, 3.8) is 0 Å². The van der Waals surface area contributed by atoms with Crippen molar-refractivity contribution in [1.29, 1.82) is 0 Å². The van der Waals surface area contributed by atoms with Crippen LogP contribution in [0.5, 0.6) is 0 Å². The Morgan fingerprint density at radius 2 is 2.25 bits per heavy atom. The molecule has 118 valence electrons. The van der Waals surface area contributed by atoms with Crippen LogP contribution in [0, 0.1) is 0 Å². The van der Waals surface area contributed by atoms with Gasteiger partial charge in [-0.25, -0.2) is 0 Å². The number of nitrogens with one attached hydrogen (secondary N) is 1. The fourth-order valence-electron chi connectivity index (χ4n) is 2.55. The standard InChI is InChI=1S/C15H29NO4/c1-4-16-15(2,14(17)18-3)9-5-6-10-19-12-13-8-7-11-20-13/h13,16H,4-12H2,1-3H3. The number of esters is 1. The van der Waals surface area contributed by atoms with Crippen LogP contribution in [0.1, 0.15) is 46.0 Å². The van der Waals surface area contributed by atoms with E-state index >= 15 is 0 Å². The van der Waals surface area contributed by atoms with Crippen molar-refractivity contribution in [2.24, 2.45) is 0 Å². The number of carbonyl (C=O) groups excluding carboxylic acids is 1. The second kappa shape index (κ2) is 9.32. The van der Waals surface area contributed by atoms with Crippen LogP contribution in [0.2, 0.25) is 0 Å². The summed E-state index contributed by atoms with van der Waals surface area (Å²) in [7, 11) is 1.43. The van der Waals surface area contributed by atoms with E-state index < -0.39 is 5.54 Å². The van der Waals surface area contributed by atoms with Crippen molar-refractivity contribution in [2.75, 3.05) is 33.5 Å². The average molecular weight is 287 g/mol. The molecule has 0 amide bonds. The van der Waals surface area contributed by atoms with E-state index in [1.165, 1.54) is 7.11 Å². The monoisotopic (exact) mass is 287 g/mol. The first kappa shape index (κ1) is 17.4. The first-order valence-electron chi connectivity index (χ1n) is 7.65. The summed E-state index contributed by atoms with van der Waals surface area (Å²) in [4.78, 5) is 11.8. The summed E-state index contributed by atoms with van der Waals surface area (Å²) in [6.07, 6.45) is 5.19. The number of likely N-dealkylation sites (N-methyl/N-ethyl adjacent to an activating group) is 1. The highest BCUT2D eigenvalue weighted by Crippen LogP contribution is 2.16. The third-order valence-electron chi connectivity index (χ3n) is 3.75. The van der Waals surface area contributed by atoms with E-state index in [0.717, 1.165) is 51.9 Å². The van der Waals surface area contributed by atoms with Crippen molar-refractivity contribution >= 4 is 5.97 Å². The summed E-state index contributed by atoms with van der Waals surface area (Å²) >= 11 is 0. The van der Waals surface area contributed by atoms with Gasteiger partial charge in [-0.2, -0.15) is 0 Å². The Bertz CT molecular complexity index is 279. The Hall–Kier alpha value is -0.650. The molecule has 5 heteroatoms. The zero-order valence-corrected chi connectivity index (χ0v) is 13.1. The third kappa shape index (κ3) is 5.77. The molecule has 0 spiro atoms. The van der Waals surface area contributed by atoms with E-state index in [4.69, 9.17) is 14.2 Å². The predicted octanol–water partition coefficient (Wildman–Crippen LogP) is 1.89. The molecule has 0 aliphatic carbocycles. The minimum atomic E-state index is -0.585. The van der Waals surface area contributed by atoms with Gasteiger partial charge in [0.25, 0.3) is 0 Å². The Morgan fingerprint density at radius 1 is 1.45 bits per heavy atom. The lowest BCUT2D eigenvalue weighted by molar-refractivity contribution is -0.148. The molecule has 0 bridgehead atoms. The third-order valence-corrected chi connectivity index (χ3v) is 3.75. The number of rotatable bonds is 10. The van der Waals surface area contributed by atoms with Gasteiger partial charge in [0, 0.05) is 13.2 Å². The zero-order valence-electron chi connectivity index (χ0n) is 13.1. The maximum absolute atomic E-state index is 11.8. The summed E-state index contributed by atoms with van der Waals surface area (Å²) in [5.74, 6) is -0.195. The first-order chi connectivity index (χ1) is 9.62. The summed E-state index contributed by atoms with van der Waals surface area (Å²) in [5, 5.41) is 3.21. The van der Waals surface area contributed by atoms with Crippen LogP contribution in [0.4, 0.5) is 0 Å². The van der Waals surface area contributed by atoms with Crippen LogP contribution in [0.3, 0.4) is 0 Å². The van der Waals surface area contributed by atoms with Gasteiger partial charge in [-0.1, -0.05) is 6.92 Å². The molecule has 20 heavy (non-hydrogen) atoms. The number of carbonyl (C=O) groups is 1. The van der Waals surface area contributed by atoms with Gasteiger partial charge in [0.15, 0.2) is 0 Å². The summed E-state index contributed by atoms with van der Waals surface area (Å²) in [6, 6.07) is 0. The van der Waals surface area contributed by atoms with Gasteiger partial charge in [0.05, 0.1) is 19.8 Å². The normalized spacial score (nSPS) is 21.6. The van der Waals surface area contributed by atoms with Gasteiger partial charge in [-0.3, -0.25) is 4.79 Å². The molecular weight excluding hydrogens is 258 g/mol. The van der Waals surface area contributed by atoms with Crippen molar-refractivity contribution in [2.45, 2.75) is 57.6 Å². The number of ether oxygens (including phenoxy) is 3. The van der Waals surface area contributed by atoms with E-state index in [1.54, 1.807) is 0 Å².